The first-order valence-electron chi connectivity index (χ1n) is 6.03. The number of hydrogen-bond acceptors (Lipinski definition) is 6. The van der Waals surface area contributed by atoms with Crippen molar-refractivity contribution < 1.29 is 8.42 Å². The summed E-state index contributed by atoms with van der Waals surface area (Å²) in [4.78, 5) is 0.0972. The Kier molecular flexibility index (Phi) is 4.16. The van der Waals surface area contributed by atoms with Crippen molar-refractivity contribution >= 4 is 10.0 Å². The van der Waals surface area contributed by atoms with Gasteiger partial charge in [0.15, 0.2) is 0 Å². The van der Waals surface area contributed by atoms with Crippen LogP contribution in [0.2, 0.25) is 0 Å². The highest BCUT2D eigenvalue weighted by Gasteiger charge is 2.22. The van der Waals surface area contributed by atoms with Gasteiger partial charge in [-0.25, -0.2) is 13.1 Å². The number of rotatable bonds is 6. The minimum absolute atomic E-state index is 0.0972. The summed E-state index contributed by atoms with van der Waals surface area (Å²) in [6.45, 7) is 2.56. The molecule has 0 aliphatic rings. The number of aromatic nitrogens is 5. The van der Waals surface area contributed by atoms with Gasteiger partial charge in [0.2, 0.25) is 10.0 Å². The average molecular weight is 299 g/mol. The average Bonchev–Trinajstić information content (AvgIpc) is 2.98. The van der Waals surface area contributed by atoms with Gasteiger partial charge in [0, 0.05) is 19.8 Å². The van der Waals surface area contributed by atoms with Crippen LogP contribution in [-0.4, -0.2) is 39.5 Å². The van der Waals surface area contributed by atoms with Crippen LogP contribution in [0.3, 0.4) is 0 Å². The molecule has 0 spiro atoms. The fourth-order valence-electron chi connectivity index (χ4n) is 1.78. The number of nitrogens with one attached hydrogen (secondary N) is 1. The van der Waals surface area contributed by atoms with Crippen molar-refractivity contribution in [2.45, 2.75) is 24.4 Å². The van der Waals surface area contributed by atoms with E-state index in [1.165, 1.54) is 23.4 Å². The summed E-state index contributed by atoms with van der Waals surface area (Å²) in [5.74, 6) is 0.530. The van der Waals surface area contributed by atoms with E-state index in [-0.39, 0.29) is 4.90 Å². The first kappa shape index (κ1) is 14.6. The standard InChI is InChI=1S/C10H17N7O2S/c1-8(10-14-12-7-16(10)2)15-20(18,19)9-5-13-17(6-9)4-3-11/h5-8,15H,3-4,11H2,1-2H3. The predicted molar refractivity (Wildman–Crippen MR) is 71.0 cm³/mol. The molecular formula is C10H17N7O2S. The maximum atomic E-state index is 12.2. The fourth-order valence-corrected chi connectivity index (χ4v) is 2.93. The minimum atomic E-state index is -3.66. The molecule has 2 aromatic heterocycles. The van der Waals surface area contributed by atoms with Crippen molar-refractivity contribution in [3.63, 3.8) is 0 Å². The zero-order chi connectivity index (χ0) is 14.8. The molecule has 1 atom stereocenters. The fraction of sp³-hybridized carbons (Fsp3) is 0.500. The monoisotopic (exact) mass is 299 g/mol. The third kappa shape index (κ3) is 3.03. The van der Waals surface area contributed by atoms with Gasteiger partial charge < -0.3 is 10.3 Å². The van der Waals surface area contributed by atoms with Gasteiger partial charge in [0.1, 0.15) is 17.0 Å². The van der Waals surface area contributed by atoms with E-state index in [2.05, 4.69) is 20.0 Å². The summed E-state index contributed by atoms with van der Waals surface area (Å²) < 4.78 is 30.1. The molecule has 0 amide bonds. The number of hydrogen-bond donors (Lipinski definition) is 2. The van der Waals surface area contributed by atoms with Crippen molar-refractivity contribution in [1.82, 2.24) is 29.3 Å². The summed E-state index contributed by atoms with van der Waals surface area (Å²) >= 11 is 0. The molecule has 10 heteroatoms. The lowest BCUT2D eigenvalue weighted by Gasteiger charge is -2.12. The Morgan fingerprint density at radius 2 is 2.25 bits per heavy atom. The van der Waals surface area contributed by atoms with Gasteiger partial charge in [0.25, 0.3) is 0 Å². The molecule has 0 saturated carbocycles. The normalized spacial score (nSPS) is 13.6. The summed E-state index contributed by atoms with van der Waals surface area (Å²) in [5.41, 5.74) is 5.40. The molecule has 2 rings (SSSR count). The summed E-state index contributed by atoms with van der Waals surface area (Å²) in [5, 5.41) is 11.5. The van der Waals surface area contributed by atoms with Crippen LogP contribution in [0.15, 0.2) is 23.6 Å². The molecule has 1 unspecified atom stereocenters. The lowest BCUT2D eigenvalue weighted by atomic mass is 10.3. The van der Waals surface area contributed by atoms with E-state index in [0.29, 0.717) is 18.9 Å². The third-order valence-electron chi connectivity index (χ3n) is 2.74. The van der Waals surface area contributed by atoms with Crippen LogP contribution in [-0.2, 0) is 23.6 Å². The summed E-state index contributed by atoms with van der Waals surface area (Å²) in [6.07, 6.45) is 4.25. The zero-order valence-corrected chi connectivity index (χ0v) is 12.1. The van der Waals surface area contributed by atoms with Crippen molar-refractivity contribution in [3.05, 3.63) is 24.5 Å². The molecule has 0 aromatic carbocycles. The lowest BCUT2D eigenvalue weighted by molar-refractivity contribution is 0.552. The van der Waals surface area contributed by atoms with E-state index in [9.17, 15) is 8.42 Å². The third-order valence-corrected chi connectivity index (χ3v) is 4.24. The van der Waals surface area contributed by atoms with Gasteiger partial charge in [-0.2, -0.15) is 5.10 Å². The second-order valence-electron chi connectivity index (χ2n) is 4.37. The van der Waals surface area contributed by atoms with Gasteiger partial charge in [-0.05, 0) is 6.92 Å². The molecule has 0 bridgehead atoms. The topological polar surface area (TPSA) is 121 Å². The van der Waals surface area contributed by atoms with Gasteiger partial charge in [0.05, 0.1) is 18.8 Å². The Balaban J connectivity index is 2.16. The highest BCUT2D eigenvalue weighted by Crippen LogP contribution is 2.14. The van der Waals surface area contributed by atoms with E-state index in [1.807, 2.05) is 0 Å². The number of nitrogens with zero attached hydrogens (tertiary/aromatic N) is 5. The van der Waals surface area contributed by atoms with Crippen molar-refractivity contribution in [1.29, 1.82) is 0 Å². The highest BCUT2D eigenvalue weighted by molar-refractivity contribution is 7.89. The molecule has 3 N–H and O–H groups in total. The molecule has 0 saturated heterocycles. The van der Waals surface area contributed by atoms with E-state index in [1.54, 1.807) is 18.5 Å². The van der Waals surface area contributed by atoms with Gasteiger partial charge in [-0.15, -0.1) is 10.2 Å². The molecule has 110 valence electrons. The van der Waals surface area contributed by atoms with Gasteiger partial charge >= 0.3 is 0 Å². The Hall–Kier alpha value is -1.78. The molecule has 0 aliphatic heterocycles. The molecule has 9 nitrogen and oxygen atoms in total. The quantitative estimate of drug-likeness (QED) is 0.706. The number of sulfonamides is 1. The van der Waals surface area contributed by atoms with Crippen LogP contribution in [0, 0.1) is 0 Å². The largest absolute Gasteiger partial charge is 0.329 e. The van der Waals surface area contributed by atoms with E-state index in [0.717, 1.165) is 0 Å². The second-order valence-corrected chi connectivity index (χ2v) is 6.08. The molecule has 2 aromatic rings. The SMILES string of the molecule is CC(NS(=O)(=O)c1cnn(CCN)c1)c1nncn1C. The smallest absolute Gasteiger partial charge is 0.244 e. The second kappa shape index (κ2) is 5.69. The van der Waals surface area contributed by atoms with Crippen LogP contribution >= 0.6 is 0 Å². The van der Waals surface area contributed by atoms with Crippen LogP contribution in [0.4, 0.5) is 0 Å². The summed E-state index contributed by atoms with van der Waals surface area (Å²) in [6, 6.07) is -0.495. The van der Waals surface area contributed by atoms with Crippen LogP contribution in [0.5, 0.6) is 0 Å². The molecule has 0 aliphatic carbocycles. The van der Waals surface area contributed by atoms with Crippen molar-refractivity contribution in [3.8, 4) is 0 Å². The predicted octanol–water partition coefficient (Wildman–Crippen LogP) is -0.990. The van der Waals surface area contributed by atoms with Crippen LogP contribution in [0.25, 0.3) is 0 Å². The van der Waals surface area contributed by atoms with Crippen LogP contribution in [0.1, 0.15) is 18.8 Å². The summed E-state index contributed by atoms with van der Waals surface area (Å²) in [7, 11) is -1.91. The Bertz CT molecular complexity index is 675. The Morgan fingerprint density at radius 3 is 2.85 bits per heavy atom. The molecular weight excluding hydrogens is 282 g/mol. The Labute approximate surface area is 116 Å². The van der Waals surface area contributed by atoms with Crippen LogP contribution < -0.4 is 10.5 Å². The van der Waals surface area contributed by atoms with Crippen molar-refractivity contribution in [2.24, 2.45) is 12.8 Å². The zero-order valence-electron chi connectivity index (χ0n) is 11.3. The first-order valence-corrected chi connectivity index (χ1v) is 7.51. The maximum Gasteiger partial charge on any atom is 0.244 e. The van der Waals surface area contributed by atoms with E-state index in [4.69, 9.17) is 5.73 Å². The van der Waals surface area contributed by atoms with Gasteiger partial charge in [-0.3, -0.25) is 4.68 Å². The highest BCUT2D eigenvalue weighted by atomic mass is 32.2. The molecule has 0 fully saturated rings. The minimum Gasteiger partial charge on any atom is -0.329 e. The van der Waals surface area contributed by atoms with Crippen molar-refractivity contribution in [2.75, 3.05) is 6.54 Å². The number of aryl methyl sites for hydroxylation is 1. The maximum absolute atomic E-state index is 12.2. The lowest BCUT2D eigenvalue weighted by Crippen LogP contribution is -2.28. The molecule has 0 radical (unpaired) electrons. The molecule has 2 heterocycles. The first-order chi connectivity index (χ1) is 9.44. The molecule has 20 heavy (non-hydrogen) atoms. The Morgan fingerprint density at radius 1 is 1.50 bits per heavy atom. The number of nitrogens with two attached hydrogens (primary N) is 1. The van der Waals surface area contributed by atoms with Gasteiger partial charge in [-0.1, -0.05) is 0 Å². The van der Waals surface area contributed by atoms with E-state index >= 15 is 0 Å². The van der Waals surface area contributed by atoms with E-state index < -0.39 is 16.1 Å².